The van der Waals surface area contributed by atoms with Crippen molar-refractivity contribution in [3.8, 4) is 57.3 Å². The highest BCUT2D eigenvalue weighted by molar-refractivity contribution is 7.15. The molecule has 0 bridgehead atoms. The summed E-state index contributed by atoms with van der Waals surface area (Å²) in [7, 11) is 10.3. The maximum atomic E-state index is 12.5. The molecule has 0 aliphatic heterocycles. The molecule has 37 nitrogen and oxygen atoms in total. The molecule has 6 heterocycles. The Bertz CT molecular complexity index is 5130. The van der Waals surface area contributed by atoms with E-state index in [4.69, 9.17) is 74.6 Å². The lowest BCUT2D eigenvalue weighted by atomic mass is 10.1. The van der Waals surface area contributed by atoms with Crippen molar-refractivity contribution in [2.75, 3.05) is 110 Å². The number of furan rings is 1. The number of urea groups is 5. The number of nitro benzene ring substituents is 1. The molecule has 0 saturated heterocycles. The number of alkyl halides is 9. The van der Waals surface area contributed by atoms with Gasteiger partial charge in [-0.3, -0.25) is 36.7 Å². The number of carbonyl (C=O) groups excluding carboxylic acids is 5. The first kappa shape index (κ1) is 90.4. The molecule has 624 valence electrons. The fourth-order valence-corrected chi connectivity index (χ4v) is 10.6. The van der Waals surface area contributed by atoms with Crippen molar-refractivity contribution in [3.63, 3.8) is 0 Å². The largest absolute Gasteiger partial charge is 0.497 e. The van der Waals surface area contributed by atoms with E-state index in [1.807, 2.05) is 5.32 Å². The second-order valence-electron chi connectivity index (χ2n) is 22.1. The maximum Gasteiger partial charge on any atom is 0.445 e. The summed E-state index contributed by atoms with van der Waals surface area (Å²) in [5.74, 6) is 4.46. The number of carbonyl (C=O) groups is 5. The van der Waals surface area contributed by atoms with Crippen LogP contribution in [0.4, 0.5) is 125 Å². The van der Waals surface area contributed by atoms with E-state index in [9.17, 15) is 73.6 Å². The number of nitrogens with one attached hydrogen (secondary N) is 10. The van der Waals surface area contributed by atoms with E-state index in [-0.39, 0.29) is 56.9 Å². The summed E-state index contributed by atoms with van der Waals surface area (Å²) in [6.07, 6.45) is -12.5. The number of hydrogen-bond acceptors (Lipinski definition) is 28. The number of nitro groups is 1. The van der Waals surface area contributed by atoms with Gasteiger partial charge in [0.2, 0.25) is 32.0 Å². The topological polar surface area (TPSA) is 465 Å². The minimum absolute atomic E-state index is 0.179. The van der Waals surface area contributed by atoms with Gasteiger partial charge in [0, 0.05) is 42.0 Å². The van der Waals surface area contributed by atoms with Crippen LogP contribution >= 0.6 is 45.9 Å². The number of anilines is 10. The average molecular weight is 1730 g/mol. The molecule has 10 N–H and O–H groups in total. The van der Waals surface area contributed by atoms with Crippen molar-refractivity contribution in [1.29, 1.82) is 0 Å². The van der Waals surface area contributed by atoms with E-state index in [2.05, 4.69) is 88.2 Å². The first-order valence-corrected chi connectivity index (χ1v) is 34.6. The Balaban J connectivity index is 0.000000203. The van der Waals surface area contributed by atoms with Crippen LogP contribution in [0.5, 0.6) is 46.0 Å². The molecule has 0 spiro atoms. The summed E-state index contributed by atoms with van der Waals surface area (Å²) in [6.45, 7) is 7.22. The highest BCUT2D eigenvalue weighted by Crippen LogP contribution is 2.41. The van der Waals surface area contributed by atoms with E-state index in [0.717, 1.165) is 11.6 Å². The second kappa shape index (κ2) is 41.3. The lowest BCUT2D eigenvalue weighted by Crippen LogP contribution is -2.20. The van der Waals surface area contributed by atoms with Crippen LogP contribution < -0.4 is 91.1 Å². The smallest absolute Gasteiger partial charge is 0.445 e. The molecule has 0 atom stereocenters. The standard InChI is InChI=1S/C15H11F3N4O3S.2C13H14ClN3O4.C13H11F3N4O5.C13H13F3N4O3S/c1-24-8-4-5-10(9(7-8)11-3-2-6-25-11)19-13(23)20-14-22-21-12(26-14)15(16,17)18;1-7-4-12(17-21-7)16-13(18)15-9-5-8(14)10(19-2)6-11(9)20-3;1-7-4-12(21-17-7)16-13(18)15-9-5-8(14)10(19-2)6-11(9)20-3;1-2-24-7-3-4-8(9(5-7)20(22)23)17-12(21)18-11-6-10(19-25-11)13(14,15)16;1-6-4-7(9(23-3)5-8(6)22-2)17-11(21)18-12-20-19-10(24-12)13(14,15)16/h2-7H,1H3,(H2,19,20,22,23);4-6H,1-3H3,(H2,15,16,17,18);4-6H,1-3H3,(H2,15,16,18);3-6H,2H2,1H3,(H2,17,18,21);4-5H,1-3H3,(H2,17,18,20,21). The van der Waals surface area contributed by atoms with Gasteiger partial charge in [0.05, 0.1) is 112 Å². The third kappa shape index (κ3) is 26.9. The van der Waals surface area contributed by atoms with Crippen molar-refractivity contribution in [2.45, 2.75) is 46.2 Å². The summed E-state index contributed by atoms with van der Waals surface area (Å²) in [4.78, 5) is 69.9. The summed E-state index contributed by atoms with van der Waals surface area (Å²) in [6, 6.07) is 21.4. The predicted octanol–water partition coefficient (Wildman–Crippen LogP) is 18.2. The van der Waals surface area contributed by atoms with Crippen molar-refractivity contribution in [2.24, 2.45) is 0 Å². The molecule has 11 aromatic rings. The lowest BCUT2D eigenvalue weighted by Gasteiger charge is -2.13. The monoisotopic (exact) mass is 1730 g/mol. The molecule has 6 aromatic heterocycles. The lowest BCUT2D eigenvalue weighted by molar-refractivity contribution is -0.384. The fourth-order valence-electron chi connectivity index (χ4n) is 8.89. The molecule has 50 heteroatoms. The van der Waals surface area contributed by atoms with Crippen molar-refractivity contribution in [3.05, 3.63) is 162 Å². The van der Waals surface area contributed by atoms with E-state index in [1.54, 1.807) is 94.4 Å². The van der Waals surface area contributed by atoms with E-state index >= 15 is 0 Å². The Kier molecular flexibility index (Phi) is 31.9. The van der Waals surface area contributed by atoms with Gasteiger partial charge in [0.15, 0.2) is 11.5 Å². The molecular formula is C67H63Cl2F9N18O19S2. The summed E-state index contributed by atoms with van der Waals surface area (Å²) < 4.78 is 173. The number of benzene rings is 5. The normalized spacial score (nSPS) is 10.8. The number of amides is 10. The first-order chi connectivity index (χ1) is 55.4. The highest BCUT2D eigenvalue weighted by atomic mass is 35.5. The zero-order chi connectivity index (χ0) is 86.1. The number of ether oxygens (including phenoxy) is 8. The fraction of sp³-hybridized carbons (Fsp3) is 0.224. The Morgan fingerprint density at radius 3 is 1.36 bits per heavy atom. The van der Waals surface area contributed by atoms with Crippen LogP contribution in [0.3, 0.4) is 0 Å². The third-order valence-corrected chi connectivity index (χ3v) is 16.3. The van der Waals surface area contributed by atoms with Gasteiger partial charge in [-0.1, -0.05) is 61.3 Å². The number of methoxy groups -OCH3 is 7. The minimum Gasteiger partial charge on any atom is -0.497 e. The summed E-state index contributed by atoms with van der Waals surface area (Å²) in [5.41, 5.74) is 1.49. The molecule has 0 fully saturated rings. The van der Waals surface area contributed by atoms with Crippen molar-refractivity contribution < 1.29 is 124 Å². The van der Waals surface area contributed by atoms with Gasteiger partial charge in [-0.15, -0.1) is 20.4 Å². The quantitative estimate of drug-likeness (QED) is 0.0181. The van der Waals surface area contributed by atoms with E-state index < -0.39 is 80.9 Å². The minimum atomic E-state index is -4.73. The van der Waals surface area contributed by atoms with Crippen LogP contribution in [-0.4, -0.2) is 127 Å². The Morgan fingerprint density at radius 1 is 0.470 bits per heavy atom. The zero-order valence-corrected chi connectivity index (χ0v) is 65.1. The van der Waals surface area contributed by atoms with Crippen LogP contribution in [0.2, 0.25) is 10.0 Å². The average Bonchev–Trinajstić information content (AvgIpc) is 1.61. The van der Waals surface area contributed by atoms with Crippen LogP contribution in [0, 0.1) is 30.9 Å². The van der Waals surface area contributed by atoms with Gasteiger partial charge in [0.1, 0.15) is 63.2 Å². The number of aromatic nitrogens is 7. The molecule has 117 heavy (non-hydrogen) atoms. The van der Waals surface area contributed by atoms with Crippen molar-refractivity contribution in [1.82, 2.24) is 35.9 Å². The van der Waals surface area contributed by atoms with Gasteiger partial charge in [0.25, 0.3) is 5.69 Å². The Hall–Kier alpha value is -13.8. The molecule has 0 unspecified atom stereocenters. The second-order valence-corrected chi connectivity index (χ2v) is 24.9. The van der Waals surface area contributed by atoms with Gasteiger partial charge < -0.3 is 82.5 Å². The van der Waals surface area contributed by atoms with Crippen LogP contribution in [0.15, 0.2) is 127 Å². The van der Waals surface area contributed by atoms with Crippen LogP contribution in [-0.2, 0) is 18.5 Å². The van der Waals surface area contributed by atoms with E-state index in [0.29, 0.717) is 108 Å². The number of hydrogen-bond donors (Lipinski definition) is 10. The highest BCUT2D eigenvalue weighted by Gasteiger charge is 2.38. The first-order valence-electron chi connectivity index (χ1n) is 32.2. The summed E-state index contributed by atoms with van der Waals surface area (Å²) in [5, 5.41) is 55.3. The molecular weight excluding hydrogens is 1670 g/mol. The molecule has 5 aromatic carbocycles. The molecule has 11 rings (SSSR count). The maximum absolute atomic E-state index is 12.5. The number of rotatable bonds is 21. The molecule has 0 aliphatic rings. The van der Waals surface area contributed by atoms with Gasteiger partial charge in [-0.25, -0.2) is 24.0 Å². The molecule has 0 aliphatic carbocycles. The summed E-state index contributed by atoms with van der Waals surface area (Å²) >= 11 is 12.5. The Labute approximate surface area is 670 Å². The molecule has 0 radical (unpaired) electrons. The Morgan fingerprint density at radius 2 is 0.932 bits per heavy atom. The zero-order valence-electron chi connectivity index (χ0n) is 61.9. The predicted molar refractivity (Wildman–Crippen MR) is 405 cm³/mol. The van der Waals surface area contributed by atoms with Crippen LogP contribution in [0.25, 0.3) is 11.3 Å². The number of halogens is 11. The van der Waals surface area contributed by atoms with Gasteiger partial charge >= 0.3 is 48.7 Å². The van der Waals surface area contributed by atoms with E-state index in [1.165, 1.54) is 80.3 Å². The number of aryl methyl sites for hydroxylation is 3. The number of nitrogens with zero attached hydrogens (tertiary/aromatic N) is 8. The van der Waals surface area contributed by atoms with Gasteiger partial charge in [-0.05, 0) is 93.9 Å². The molecule has 10 amide bonds. The molecule has 0 saturated carbocycles. The van der Waals surface area contributed by atoms with Crippen LogP contribution in [0.1, 0.15) is 39.7 Å². The third-order valence-electron chi connectivity index (χ3n) is 13.9. The SMILES string of the molecule is CCOc1ccc(NC(=O)Nc2cc(C(F)(F)F)no2)c([N+](=O)[O-])c1.COc1cc(OC)c(NC(=O)Nc2cc(C)no2)cc1Cl.COc1cc(OC)c(NC(=O)Nc2cc(C)on2)cc1Cl.COc1cc(OC)c(NC(=O)Nc2nnc(C(F)(F)F)s2)cc1C.COc1ccc(NC(=O)Nc2nnc(C(F)(F)F)s2)c(-c2ccco2)c1. The van der Waals surface area contributed by atoms with Gasteiger partial charge in [-0.2, -0.15) is 39.5 Å². The van der Waals surface area contributed by atoms with Crippen molar-refractivity contribution >= 4 is 138 Å².